The molecular formula is C11H16N2O3. The van der Waals surface area contributed by atoms with Crippen molar-refractivity contribution in [3.8, 4) is 5.75 Å². The van der Waals surface area contributed by atoms with Crippen molar-refractivity contribution in [2.45, 2.75) is 13.0 Å². The number of nitro groups is 1. The molecule has 0 fully saturated rings. The molecule has 1 atom stereocenters. The van der Waals surface area contributed by atoms with Gasteiger partial charge in [-0.25, -0.2) is 0 Å². The molecule has 0 radical (unpaired) electrons. The van der Waals surface area contributed by atoms with Gasteiger partial charge in [0.25, 0.3) is 5.69 Å². The van der Waals surface area contributed by atoms with Gasteiger partial charge in [0.1, 0.15) is 12.4 Å². The topological polar surface area (TPSA) is 55.6 Å². The molecule has 0 unspecified atom stereocenters. The van der Waals surface area contributed by atoms with Gasteiger partial charge in [0.15, 0.2) is 0 Å². The highest BCUT2D eigenvalue weighted by Gasteiger charge is 2.07. The lowest BCUT2D eigenvalue weighted by Crippen LogP contribution is -2.30. The Labute approximate surface area is 94.8 Å². The van der Waals surface area contributed by atoms with E-state index in [4.69, 9.17) is 4.74 Å². The van der Waals surface area contributed by atoms with Gasteiger partial charge in [0.05, 0.1) is 4.92 Å². The Hall–Kier alpha value is -1.62. The number of non-ortho nitro benzene ring substituents is 1. The van der Waals surface area contributed by atoms with Gasteiger partial charge in [0.2, 0.25) is 0 Å². The fourth-order valence-electron chi connectivity index (χ4n) is 1.03. The number of nitro benzene ring substituents is 1. The van der Waals surface area contributed by atoms with Gasteiger partial charge in [-0.05, 0) is 33.2 Å². The summed E-state index contributed by atoms with van der Waals surface area (Å²) in [5.41, 5.74) is 0.0769. The maximum atomic E-state index is 10.4. The van der Waals surface area contributed by atoms with E-state index in [1.807, 2.05) is 25.9 Å². The van der Waals surface area contributed by atoms with Crippen LogP contribution >= 0.6 is 0 Å². The highest BCUT2D eigenvalue weighted by molar-refractivity contribution is 5.35. The first-order valence-corrected chi connectivity index (χ1v) is 5.04. The summed E-state index contributed by atoms with van der Waals surface area (Å²) in [6.07, 6.45) is 0. The maximum absolute atomic E-state index is 10.4. The molecule has 1 aromatic rings. The van der Waals surface area contributed by atoms with Crippen LogP contribution in [-0.2, 0) is 0 Å². The Balaban J connectivity index is 2.53. The summed E-state index contributed by atoms with van der Waals surface area (Å²) in [6.45, 7) is 2.61. The van der Waals surface area contributed by atoms with Crippen molar-refractivity contribution < 1.29 is 9.66 Å². The van der Waals surface area contributed by atoms with E-state index in [9.17, 15) is 10.1 Å². The number of nitrogens with zero attached hydrogens (tertiary/aromatic N) is 2. The van der Waals surface area contributed by atoms with Crippen LogP contribution in [0.3, 0.4) is 0 Å². The van der Waals surface area contributed by atoms with Crippen LogP contribution in [0.4, 0.5) is 5.69 Å². The molecule has 0 N–H and O–H groups in total. The standard InChI is InChI=1S/C11H16N2O3/c1-9(12(2)3)8-16-11-6-4-10(5-7-11)13(14)15/h4-7,9H,8H2,1-3H3/t9-/m1/s1. The van der Waals surface area contributed by atoms with E-state index in [2.05, 4.69) is 0 Å². The molecule has 1 rings (SSSR count). The molecule has 0 heterocycles. The van der Waals surface area contributed by atoms with Gasteiger partial charge < -0.3 is 9.64 Å². The van der Waals surface area contributed by atoms with E-state index in [-0.39, 0.29) is 5.69 Å². The van der Waals surface area contributed by atoms with Gasteiger partial charge in [0, 0.05) is 18.2 Å². The third kappa shape index (κ3) is 3.51. The Morgan fingerprint density at radius 3 is 2.38 bits per heavy atom. The normalized spacial score (nSPS) is 12.5. The maximum Gasteiger partial charge on any atom is 0.269 e. The lowest BCUT2D eigenvalue weighted by atomic mass is 10.3. The first-order valence-electron chi connectivity index (χ1n) is 5.04. The SMILES string of the molecule is C[C@H](COc1ccc([N+](=O)[O-])cc1)N(C)C. The quantitative estimate of drug-likeness (QED) is 0.566. The lowest BCUT2D eigenvalue weighted by molar-refractivity contribution is -0.384. The van der Waals surface area contributed by atoms with Crippen molar-refractivity contribution in [2.75, 3.05) is 20.7 Å². The summed E-state index contributed by atoms with van der Waals surface area (Å²) in [6, 6.07) is 6.40. The van der Waals surface area contributed by atoms with Crippen LogP contribution in [0, 0.1) is 10.1 Å². The lowest BCUT2D eigenvalue weighted by Gasteiger charge is -2.19. The number of rotatable bonds is 5. The Kier molecular flexibility index (Phi) is 4.25. The first-order chi connectivity index (χ1) is 7.50. The molecule has 1 aromatic carbocycles. The van der Waals surface area contributed by atoms with Gasteiger partial charge >= 0.3 is 0 Å². The number of ether oxygens (including phenoxy) is 1. The second-order valence-corrected chi connectivity index (χ2v) is 3.87. The van der Waals surface area contributed by atoms with Crippen LogP contribution in [0.5, 0.6) is 5.75 Å². The summed E-state index contributed by atoms with van der Waals surface area (Å²) in [5, 5.41) is 10.4. The number of likely N-dealkylation sites (N-methyl/N-ethyl adjacent to an activating group) is 1. The zero-order valence-corrected chi connectivity index (χ0v) is 9.71. The van der Waals surface area contributed by atoms with Crippen LogP contribution < -0.4 is 4.74 Å². The number of hydrogen-bond donors (Lipinski definition) is 0. The number of benzene rings is 1. The predicted octanol–water partition coefficient (Wildman–Crippen LogP) is 1.92. The van der Waals surface area contributed by atoms with Crippen molar-refractivity contribution in [3.05, 3.63) is 34.4 Å². The molecule has 0 aliphatic heterocycles. The minimum Gasteiger partial charge on any atom is -0.492 e. The third-order valence-corrected chi connectivity index (χ3v) is 2.42. The molecule has 5 nitrogen and oxygen atoms in total. The summed E-state index contributed by atoms with van der Waals surface area (Å²) in [7, 11) is 3.95. The minimum absolute atomic E-state index is 0.0769. The van der Waals surface area contributed by atoms with Gasteiger partial charge in [-0.3, -0.25) is 10.1 Å². The van der Waals surface area contributed by atoms with Gasteiger partial charge in [-0.2, -0.15) is 0 Å². The molecule has 0 saturated heterocycles. The van der Waals surface area contributed by atoms with Crippen molar-refractivity contribution in [1.29, 1.82) is 0 Å². The van der Waals surface area contributed by atoms with E-state index in [0.717, 1.165) is 0 Å². The van der Waals surface area contributed by atoms with E-state index < -0.39 is 4.92 Å². The molecule has 0 bridgehead atoms. The molecule has 0 spiro atoms. The van der Waals surface area contributed by atoms with E-state index in [0.29, 0.717) is 18.4 Å². The zero-order valence-electron chi connectivity index (χ0n) is 9.71. The molecule has 88 valence electrons. The predicted molar refractivity (Wildman–Crippen MR) is 61.7 cm³/mol. The third-order valence-electron chi connectivity index (χ3n) is 2.42. The highest BCUT2D eigenvalue weighted by atomic mass is 16.6. The molecule has 0 aliphatic carbocycles. The molecule has 16 heavy (non-hydrogen) atoms. The molecule has 5 heteroatoms. The minimum atomic E-state index is -0.424. The smallest absolute Gasteiger partial charge is 0.269 e. The van der Waals surface area contributed by atoms with Crippen molar-refractivity contribution >= 4 is 5.69 Å². The summed E-state index contributed by atoms with van der Waals surface area (Å²) in [5.74, 6) is 0.652. The summed E-state index contributed by atoms with van der Waals surface area (Å²) < 4.78 is 5.50. The average molecular weight is 224 g/mol. The van der Waals surface area contributed by atoms with Crippen molar-refractivity contribution in [2.24, 2.45) is 0 Å². The van der Waals surface area contributed by atoms with E-state index >= 15 is 0 Å². The first kappa shape index (κ1) is 12.4. The van der Waals surface area contributed by atoms with Gasteiger partial charge in [-0.1, -0.05) is 0 Å². The van der Waals surface area contributed by atoms with E-state index in [1.165, 1.54) is 12.1 Å². The number of hydrogen-bond acceptors (Lipinski definition) is 4. The molecule has 0 saturated carbocycles. The fourth-order valence-corrected chi connectivity index (χ4v) is 1.03. The zero-order chi connectivity index (χ0) is 12.1. The van der Waals surface area contributed by atoms with E-state index in [1.54, 1.807) is 12.1 Å². The second-order valence-electron chi connectivity index (χ2n) is 3.87. The highest BCUT2D eigenvalue weighted by Crippen LogP contribution is 2.17. The molecule has 0 amide bonds. The Bertz CT molecular complexity index is 349. The Morgan fingerprint density at radius 2 is 1.94 bits per heavy atom. The van der Waals surface area contributed by atoms with Crippen molar-refractivity contribution in [3.63, 3.8) is 0 Å². The second kappa shape index (κ2) is 5.46. The van der Waals surface area contributed by atoms with Crippen LogP contribution in [0.1, 0.15) is 6.92 Å². The summed E-state index contributed by atoms with van der Waals surface area (Å²) in [4.78, 5) is 12.0. The summed E-state index contributed by atoms with van der Waals surface area (Å²) >= 11 is 0. The van der Waals surface area contributed by atoms with Crippen LogP contribution in [-0.4, -0.2) is 36.6 Å². The molecular weight excluding hydrogens is 208 g/mol. The monoisotopic (exact) mass is 224 g/mol. The largest absolute Gasteiger partial charge is 0.492 e. The molecule has 0 aliphatic rings. The van der Waals surface area contributed by atoms with Crippen LogP contribution in [0.25, 0.3) is 0 Å². The van der Waals surface area contributed by atoms with Crippen LogP contribution in [0.15, 0.2) is 24.3 Å². The van der Waals surface area contributed by atoms with Crippen LogP contribution in [0.2, 0.25) is 0 Å². The fraction of sp³-hybridized carbons (Fsp3) is 0.455. The van der Waals surface area contributed by atoms with Crippen molar-refractivity contribution in [1.82, 2.24) is 4.90 Å². The average Bonchev–Trinajstić information content (AvgIpc) is 2.26. The molecule has 0 aromatic heterocycles. The Morgan fingerprint density at radius 1 is 1.38 bits per heavy atom. The van der Waals surface area contributed by atoms with Gasteiger partial charge in [-0.15, -0.1) is 0 Å².